The number of aromatic nitrogens is 1. The third-order valence-electron chi connectivity index (χ3n) is 3.57. The first kappa shape index (κ1) is 12.6. The van der Waals surface area contributed by atoms with Crippen molar-refractivity contribution >= 4 is 37.5 Å². The van der Waals surface area contributed by atoms with Crippen molar-refractivity contribution in [3.8, 4) is 0 Å². The molecule has 1 saturated heterocycles. The van der Waals surface area contributed by atoms with Crippen LogP contribution in [0.1, 0.15) is 37.6 Å². The summed E-state index contributed by atoms with van der Waals surface area (Å²) in [7, 11) is 0. The molecule has 0 bridgehead atoms. The summed E-state index contributed by atoms with van der Waals surface area (Å²) in [5.74, 6) is 0.609. The highest BCUT2D eigenvalue weighted by atomic mass is 79.9. The first-order chi connectivity index (χ1) is 8.53. The molecule has 0 radical (unpaired) electrons. The largest absolute Gasteiger partial charge is 0.312 e. The van der Waals surface area contributed by atoms with Gasteiger partial charge in [0.05, 0.1) is 15.2 Å². The number of fused-ring (bicyclic) bond motifs is 1. The van der Waals surface area contributed by atoms with Crippen molar-refractivity contribution in [3.05, 3.63) is 27.7 Å². The van der Waals surface area contributed by atoms with Crippen LogP contribution < -0.4 is 5.32 Å². The van der Waals surface area contributed by atoms with Crippen molar-refractivity contribution in [1.82, 2.24) is 10.3 Å². The molecular weight excluding hydrogens is 308 g/mol. The summed E-state index contributed by atoms with van der Waals surface area (Å²) in [6.45, 7) is 5.66. The fourth-order valence-corrected chi connectivity index (χ4v) is 4.11. The molecule has 0 saturated carbocycles. The van der Waals surface area contributed by atoms with Crippen molar-refractivity contribution in [2.45, 2.75) is 38.1 Å². The number of nitrogens with one attached hydrogen (secondary N) is 1. The van der Waals surface area contributed by atoms with Gasteiger partial charge >= 0.3 is 0 Å². The molecule has 96 valence electrons. The number of piperidine rings is 1. The lowest BCUT2D eigenvalue weighted by atomic mass is 9.85. The van der Waals surface area contributed by atoms with Gasteiger partial charge in [0, 0.05) is 15.9 Å². The van der Waals surface area contributed by atoms with Gasteiger partial charge in [-0.3, -0.25) is 0 Å². The molecule has 1 unspecified atom stereocenters. The normalized spacial score (nSPS) is 23.4. The van der Waals surface area contributed by atoms with Gasteiger partial charge in [-0.15, -0.1) is 11.3 Å². The van der Waals surface area contributed by atoms with Crippen LogP contribution >= 0.6 is 27.3 Å². The predicted molar refractivity (Wildman–Crippen MR) is 81.4 cm³/mol. The standard InChI is InChI=1S/C14H17BrN2S/c1-14(2)8-9(5-6-16-14)13-17-11-7-10(15)3-4-12(11)18-13/h3-4,7,9,16H,5-6,8H2,1-2H3. The Morgan fingerprint density at radius 1 is 1.44 bits per heavy atom. The summed E-state index contributed by atoms with van der Waals surface area (Å²) in [4.78, 5) is 4.82. The highest BCUT2D eigenvalue weighted by molar-refractivity contribution is 9.10. The molecule has 1 atom stereocenters. The van der Waals surface area contributed by atoms with Gasteiger partial charge in [0.25, 0.3) is 0 Å². The molecule has 1 aromatic heterocycles. The molecule has 0 amide bonds. The Kier molecular flexibility index (Phi) is 3.20. The summed E-state index contributed by atoms with van der Waals surface area (Å²) in [6.07, 6.45) is 2.37. The summed E-state index contributed by atoms with van der Waals surface area (Å²) < 4.78 is 2.40. The summed E-state index contributed by atoms with van der Waals surface area (Å²) in [5.41, 5.74) is 1.36. The molecule has 1 aromatic carbocycles. The van der Waals surface area contributed by atoms with Gasteiger partial charge in [-0.2, -0.15) is 0 Å². The molecule has 18 heavy (non-hydrogen) atoms. The molecule has 2 nitrogen and oxygen atoms in total. The molecule has 1 fully saturated rings. The Morgan fingerprint density at radius 2 is 2.28 bits per heavy atom. The molecule has 1 aliphatic heterocycles. The fourth-order valence-electron chi connectivity index (χ4n) is 2.68. The maximum absolute atomic E-state index is 4.82. The molecule has 1 aliphatic rings. The van der Waals surface area contributed by atoms with E-state index in [1.807, 2.05) is 11.3 Å². The van der Waals surface area contributed by atoms with Crippen LogP contribution in [0.2, 0.25) is 0 Å². The van der Waals surface area contributed by atoms with E-state index in [9.17, 15) is 0 Å². The van der Waals surface area contributed by atoms with E-state index in [0.29, 0.717) is 5.92 Å². The van der Waals surface area contributed by atoms with E-state index in [2.05, 4.69) is 53.3 Å². The van der Waals surface area contributed by atoms with E-state index in [1.165, 1.54) is 22.5 Å². The maximum atomic E-state index is 4.82. The number of nitrogens with zero attached hydrogens (tertiary/aromatic N) is 1. The van der Waals surface area contributed by atoms with Gasteiger partial charge < -0.3 is 5.32 Å². The van der Waals surface area contributed by atoms with Crippen LogP contribution in [0.3, 0.4) is 0 Å². The quantitative estimate of drug-likeness (QED) is 0.845. The summed E-state index contributed by atoms with van der Waals surface area (Å²) in [6, 6.07) is 6.37. The zero-order chi connectivity index (χ0) is 12.8. The third kappa shape index (κ3) is 2.46. The van der Waals surface area contributed by atoms with E-state index >= 15 is 0 Å². The first-order valence-electron chi connectivity index (χ1n) is 6.34. The lowest BCUT2D eigenvalue weighted by Gasteiger charge is -2.35. The Hall–Kier alpha value is -0.450. The minimum absolute atomic E-state index is 0.237. The molecule has 0 spiro atoms. The maximum Gasteiger partial charge on any atom is 0.0970 e. The van der Waals surface area contributed by atoms with E-state index < -0.39 is 0 Å². The van der Waals surface area contributed by atoms with Crippen LogP contribution in [0.15, 0.2) is 22.7 Å². The van der Waals surface area contributed by atoms with Crippen LogP contribution in [0.4, 0.5) is 0 Å². The fraction of sp³-hybridized carbons (Fsp3) is 0.500. The van der Waals surface area contributed by atoms with E-state index in [0.717, 1.165) is 16.5 Å². The molecular formula is C14H17BrN2S. The Balaban J connectivity index is 1.94. The molecule has 2 aromatic rings. The van der Waals surface area contributed by atoms with Crippen LogP contribution in [0.5, 0.6) is 0 Å². The molecule has 1 N–H and O–H groups in total. The second-order valence-electron chi connectivity index (χ2n) is 5.66. The highest BCUT2D eigenvalue weighted by Gasteiger charge is 2.30. The Morgan fingerprint density at radius 3 is 3.06 bits per heavy atom. The average Bonchev–Trinajstić information content (AvgIpc) is 2.70. The van der Waals surface area contributed by atoms with Gasteiger partial charge in [-0.05, 0) is 51.4 Å². The van der Waals surface area contributed by atoms with E-state index in [-0.39, 0.29) is 5.54 Å². The summed E-state index contributed by atoms with van der Waals surface area (Å²) in [5, 5.41) is 4.87. The minimum atomic E-state index is 0.237. The summed E-state index contributed by atoms with van der Waals surface area (Å²) >= 11 is 5.36. The highest BCUT2D eigenvalue weighted by Crippen LogP contribution is 2.37. The third-order valence-corrected chi connectivity index (χ3v) is 5.26. The number of hydrogen-bond acceptors (Lipinski definition) is 3. The van der Waals surface area contributed by atoms with Crippen LogP contribution in [0.25, 0.3) is 10.2 Å². The number of hydrogen-bond donors (Lipinski definition) is 1. The number of benzene rings is 1. The second-order valence-corrected chi connectivity index (χ2v) is 7.64. The van der Waals surface area contributed by atoms with Crippen molar-refractivity contribution in [1.29, 1.82) is 0 Å². The van der Waals surface area contributed by atoms with Crippen LogP contribution in [-0.2, 0) is 0 Å². The van der Waals surface area contributed by atoms with Crippen molar-refractivity contribution < 1.29 is 0 Å². The smallest absolute Gasteiger partial charge is 0.0970 e. The molecule has 3 rings (SSSR count). The SMILES string of the molecule is CC1(C)CC(c2nc3cc(Br)ccc3s2)CCN1. The first-order valence-corrected chi connectivity index (χ1v) is 7.95. The van der Waals surface area contributed by atoms with Gasteiger partial charge in [0.15, 0.2) is 0 Å². The second kappa shape index (κ2) is 4.58. The number of rotatable bonds is 1. The van der Waals surface area contributed by atoms with Crippen molar-refractivity contribution in [3.63, 3.8) is 0 Å². The zero-order valence-electron chi connectivity index (χ0n) is 10.7. The van der Waals surface area contributed by atoms with Crippen molar-refractivity contribution in [2.75, 3.05) is 6.54 Å². The molecule has 0 aliphatic carbocycles. The molecule has 2 heterocycles. The predicted octanol–water partition coefficient (Wildman–Crippen LogP) is 4.30. The van der Waals surface area contributed by atoms with E-state index in [4.69, 9.17) is 4.98 Å². The number of thiazole rings is 1. The van der Waals surface area contributed by atoms with Gasteiger partial charge in [-0.1, -0.05) is 15.9 Å². The van der Waals surface area contributed by atoms with Gasteiger partial charge in [-0.25, -0.2) is 4.98 Å². The van der Waals surface area contributed by atoms with Crippen molar-refractivity contribution in [2.24, 2.45) is 0 Å². The van der Waals surface area contributed by atoms with Crippen LogP contribution in [0, 0.1) is 0 Å². The molecule has 4 heteroatoms. The zero-order valence-corrected chi connectivity index (χ0v) is 13.1. The van der Waals surface area contributed by atoms with E-state index in [1.54, 1.807) is 0 Å². The Bertz CT molecular complexity index is 576. The van der Waals surface area contributed by atoms with Gasteiger partial charge in [0.1, 0.15) is 0 Å². The minimum Gasteiger partial charge on any atom is -0.312 e. The Labute approximate surface area is 120 Å². The van der Waals surface area contributed by atoms with Crippen LogP contribution in [-0.4, -0.2) is 17.1 Å². The topological polar surface area (TPSA) is 24.9 Å². The average molecular weight is 325 g/mol. The monoisotopic (exact) mass is 324 g/mol. The lowest BCUT2D eigenvalue weighted by Crippen LogP contribution is -2.45. The lowest BCUT2D eigenvalue weighted by molar-refractivity contribution is 0.275. The van der Waals surface area contributed by atoms with Gasteiger partial charge in [0.2, 0.25) is 0 Å². The number of halogens is 1.